The van der Waals surface area contributed by atoms with Crippen LogP contribution in [0.25, 0.3) is 0 Å². The van der Waals surface area contributed by atoms with Gasteiger partial charge >= 0.3 is 0 Å². The molecule has 0 radical (unpaired) electrons. The number of hydrogen-bond donors (Lipinski definition) is 2. The van der Waals surface area contributed by atoms with Gasteiger partial charge in [-0.15, -0.1) is 0 Å². The lowest BCUT2D eigenvalue weighted by atomic mass is 10.0. The van der Waals surface area contributed by atoms with E-state index in [0.717, 1.165) is 19.5 Å². The maximum atomic E-state index is 9.02. The van der Waals surface area contributed by atoms with Crippen molar-refractivity contribution >= 4 is 5.84 Å². The molecule has 17 heavy (non-hydrogen) atoms. The zero-order valence-corrected chi connectivity index (χ0v) is 10.1. The molecule has 1 saturated heterocycles. The zero-order valence-electron chi connectivity index (χ0n) is 10.1. The van der Waals surface area contributed by atoms with Gasteiger partial charge in [-0.25, -0.2) is 0 Å². The van der Waals surface area contributed by atoms with Crippen molar-refractivity contribution in [2.45, 2.75) is 32.4 Å². The summed E-state index contributed by atoms with van der Waals surface area (Å²) in [4.78, 5) is 2.10. The highest BCUT2D eigenvalue weighted by atomic mass is 16.4. The first-order valence-electron chi connectivity index (χ1n) is 5.96. The van der Waals surface area contributed by atoms with Crippen molar-refractivity contribution in [1.82, 2.24) is 4.90 Å². The first kappa shape index (κ1) is 11.9. The summed E-state index contributed by atoms with van der Waals surface area (Å²) in [5.41, 5.74) is 8.40. The number of hydrogen-bond acceptors (Lipinski definition) is 3. The molecule has 0 bridgehead atoms. The summed E-state index contributed by atoms with van der Waals surface area (Å²) in [5, 5.41) is 12.4. The molecule has 1 aromatic carbocycles. The van der Waals surface area contributed by atoms with Crippen molar-refractivity contribution in [2.75, 3.05) is 6.54 Å². The number of amidine groups is 1. The number of nitrogens with zero attached hydrogens (tertiary/aromatic N) is 2. The molecule has 3 N–H and O–H groups in total. The van der Waals surface area contributed by atoms with E-state index in [1.165, 1.54) is 11.1 Å². The van der Waals surface area contributed by atoms with Gasteiger partial charge in [0.25, 0.3) is 0 Å². The number of likely N-dealkylation sites (tertiary alicyclic amines) is 1. The highest BCUT2D eigenvalue weighted by Gasteiger charge is 2.22. The summed E-state index contributed by atoms with van der Waals surface area (Å²) < 4.78 is 0. The van der Waals surface area contributed by atoms with E-state index in [2.05, 4.69) is 29.1 Å². The Hall–Kier alpha value is -1.55. The summed E-state index contributed by atoms with van der Waals surface area (Å²) >= 11 is 0. The van der Waals surface area contributed by atoms with Crippen LogP contribution >= 0.6 is 0 Å². The van der Waals surface area contributed by atoms with E-state index in [1.54, 1.807) is 0 Å². The Bertz CT molecular complexity index is 417. The van der Waals surface area contributed by atoms with Crippen molar-refractivity contribution in [3.05, 3.63) is 35.4 Å². The molecule has 2 rings (SSSR count). The second kappa shape index (κ2) is 5.19. The van der Waals surface area contributed by atoms with Gasteiger partial charge in [0, 0.05) is 25.6 Å². The van der Waals surface area contributed by atoms with Gasteiger partial charge < -0.3 is 15.8 Å². The third kappa shape index (κ3) is 2.77. The Balaban J connectivity index is 2.11. The first-order chi connectivity index (χ1) is 8.20. The van der Waals surface area contributed by atoms with Gasteiger partial charge in [0.15, 0.2) is 0 Å². The summed E-state index contributed by atoms with van der Waals surface area (Å²) in [6, 6.07) is 8.40. The molecule has 0 saturated carbocycles. The fourth-order valence-corrected chi connectivity index (χ4v) is 2.18. The molecule has 1 aliphatic rings. The van der Waals surface area contributed by atoms with Gasteiger partial charge in [-0.2, -0.15) is 0 Å². The normalized spacial score (nSPS) is 23.1. The van der Waals surface area contributed by atoms with Crippen molar-refractivity contribution < 1.29 is 5.21 Å². The molecular weight excluding hydrogens is 214 g/mol. The molecule has 1 aliphatic heterocycles. The molecular formula is C13H19N3O. The average molecular weight is 233 g/mol. The summed E-state index contributed by atoms with van der Waals surface area (Å²) in [7, 11) is 0. The highest BCUT2D eigenvalue weighted by molar-refractivity contribution is 5.83. The van der Waals surface area contributed by atoms with Crippen molar-refractivity contribution in [3.63, 3.8) is 0 Å². The van der Waals surface area contributed by atoms with Gasteiger partial charge in [-0.05, 0) is 24.5 Å². The molecule has 0 spiro atoms. The lowest BCUT2D eigenvalue weighted by Crippen LogP contribution is -2.43. The Kier molecular flexibility index (Phi) is 3.64. The number of rotatable bonds is 2. The van der Waals surface area contributed by atoms with E-state index in [1.807, 2.05) is 12.1 Å². The van der Waals surface area contributed by atoms with Crippen LogP contribution in [0.4, 0.5) is 0 Å². The first-order valence-corrected chi connectivity index (χ1v) is 5.96. The largest absolute Gasteiger partial charge is 0.409 e. The van der Waals surface area contributed by atoms with Gasteiger partial charge in [0.05, 0.1) is 0 Å². The molecule has 92 valence electrons. The molecule has 0 aromatic heterocycles. The van der Waals surface area contributed by atoms with Crippen molar-refractivity contribution in [3.8, 4) is 0 Å². The number of benzene rings is 1. The SMILES string of the molecule is Cc1ccccc1CN1CCC(N)CC1=NO. The van der Waals surface area contributed by atoms with Crippen LogP contribution in [-0.4, -0.2) is 28.5 Å². The Morgan fingerprint density at radius 1 is 1.47 bits per heavy atom. The summed E-state index contributed by atoms with van der Waals surface area (Å²) in [6.07, 6.45) is 1.60. The fraction of sp³-hybridized carbons (Fsp3) is 0.462. The molecule has 1 aromatic rings. The minimum atomic E-state index is 0.119. The third-order valence-electron chi connectivity index (χ3n) is 3.32. The van der Waals surface area contributed by atoms with Crippen LogP contribution < -0.4 is 5.73 Å². The van der Waals surface area contributed by atoms with Crippen LogP contribution in [0.2, 0.25) is 0 Å². The number of aryl methyl sites for hydroxylation is 1. The molecule has 1 atom stereocenters. The molecule has 4 nitrogen and oxygen atoms in total. The quantitative estimate of drug-likeness (QED) is 0.604. The highest BCUT2D eigenvalue weighted by Crippen LogP contribution is 2.17. The van der Waals surface area contributed by atoms with Crippen molar-refractivity contribution in [2.24, 2.45) is 10.9 Å². The lowest BCUT2D eigenvalue weighted by molar-refractivity contribution is 0.276. The fourth-order valence-electron chi connectivity index (χ4n) is 2.18. The third-order valence-corrected chi connectivity index (χ3v) is 3.32. The predicted octanol–water partition coefficient (Wildman–Crippen LogP) is 1.71. The van der Waals surface area contributed by atoms with Crippen LogP contribution in [0, 0.1) is 6.92 Å². The number of oxime groups is 1. The van der Waals surface area contributed by atoms with E-state index < -0.39 is 0 Å². The number of piperidine rings is 1. The molecule has 1 unspecified atom stereocenters. The van der Waals surface area contributed by atoms with E-state index in [9.17, 15) is 0 Å². The standard InChI is InChI=1S/C13H19N3O/c1-10-4-2-3-5-11(10)9-16-7-6-12(14)8-13(16)15-17/h2-5,12,17H,6-9,14H2,1H3. The smallest absolute Gasteiger partial charge is 0.146 e. The molecule has 1 fully saturated rings. The predicted molar refractivity (Wildman–Crippen MR) is 68.0 cm³/mol. The van der Waals surface area contributed by atoms with Gasteiger partial charge in [0.1, 0.15) is 5.84 Å². The van der Waals surface area contributed by atoms with E-state index in [-0.39, 0.29) is 6.04 Å². The Morgan fingerprint density at radius 3 is 2.94 bits per heavy atom. The number of nitrogens with two attached hydrogens (primary N) is 1. The van der Waals surface area contributed by atoms with Crippen LogP contribution in [0.15, 0.2) is 29.4 Å². The minimum Gasteiger partial charge on any atom is -0.409 e. The van der Waals surface area contributed by atoms with Gasteiger partial charge in [-0.3, -0.25) is 0 Å². The summed E-state index contributed by atoms with van der Waals surface area (Å²) in [6.45, 7) is 3.74. The van der Waals surface area contributed by atoms with Crippen LogP contribution in [0.1, 0.15) is 24.0 Å². The van der Waals surface area contributed by atoms with Gasteiger partial charge in [-0.1, -0.05) is 29.4 Å². The van der Waals surface area contributed by atoms with E-state index >= 15 is 0 Å². The maximum absolute atomic E-state index is 9.02. The maximum Gasteiger partial charge on any atom is 0.146 e. The molecule has 1 heterocycles. The molecule has 4 heteroatoms. The van der Waals surface area contributed by atoms with Gasteiger partial charge in [0.2, 0.25) is 0 Å². The summed E-state index contributed by atoms with van der Waals surface area (Å²) in [5.74, 6) is 0.701. The topological polar surface area (TPSA) is 61.8 Å². The zero-order chi connectivity index (χ0) is 12.3. The van der Waals surface area contributed by atoms with Crippen LogP contribution in [-0.2, 0) is 6.54 Å². The van der Waals surface area contributed by atoms with Crippen LogP contribution in [0.5, 0.6) is 0 Å². The van der Waals surface area contributed by atoms with E-state index in [0.29, 0.717) is 12.3 Å². The Labute approximate surface area is 102 Å². The van der Waals surface area contributed by atoms with Crippen molar-refractivity contribution in [1.29, 1.82) is 0 Å². The molecule has 0 amide bonds. The van der Waals surface area contributed by atoms with Crippen LogP contribution in [0.3, 0.4) is 0 Å². The second-order valence-electron chi connectivity index (χ2n) is 4.62. The second-order valence-corrected chi connectivity index (χ2v) is 4.62. The lowest BCUT2D eigenvalue weighted by Gasteiger charge is -2.32. The molecule has 0 aliphatic carbocycles. The minimum absolute atomic E-state index is 0.119. The van der Waals surface area contributed by atoms with E-state index in [4.69, 9.17) is 10.9 Å². The average Bonchev–Trinajstić information content (AvgIpc) is 2.34. The Morgan fingerprint density at radius 2 is 2.24 bits per heavy atom. The monoisotopic (exact) mass is 233 g/mol.